The number of unbranched alkanes of at least 4 members (excludes halogenated alkanes) is 2. The molecule has 0 aromatic heterocycles. The maximum atomic E-state index is 12.3. The molecule has 1 aliphatic rings. The summed E-state index contributed by atoms with van der Waals surface area (Å²) in [5.74, 6) is -0.292. The third kappa shape index (κ3) is 7.85. The zero-order chi connectivity index (χ0) is 17.1. The van der Waals surface area contributed by atoms with Crippen molar-refractivity contribution >= 4 is 11.9 Å². The Bertz CT molecular complexity index is 351. The van der Waals surface area contributed by atoms with Crippen LogP contribution in [0.4, 0.5) is 0 Å². The van der Waals surface area contributed by atoms with Crippen molar-refractivity contribution in [3.8, 4) is 0 Å². The molecule has 23 heavy (non-hydrogen) atoms. The highest BCUT2D eigenvalue weighted by Gasteiger charge is 2.37. The first kappa shape index (κ1) is 20.0. The number of ether oxygens (including phenoxy) is 2. The van der Waals surface area contributed by atoms with Gasteiger partial charge in [-0.2, -0.15) is 0 Å². The van der Waals surface area contributed by atoms with Gasteiger partial charge in [-0.15, -0.1) is 0 Å². The van der Waals surface area contributed by atoms with Gasteiger partial charge in [0, 0.05) is 0 Å². The minimum Gasteiger partial charge on any atom is -0.465 e. The fourth-order valence-corrected chi connectivity index (χ4v) is 3.12. The van der Waals surface area contributed by atoms with Gasteiger partial charge < -0.3 is 9.47 Å². The molecule has 0 bridgehead atoms. The van der Waals surface area contributed by atoms with Crippen LogP contribution in [0.25, 0.3) is 0 Å². The van der Waals surface area contributed by atoms with Gasteiger partial charge in [-0.1, -0.05) is 52.9 Å². The second-order valence-corrected chi connectivity index (χ2v) is 7.08. The minimum atomic E-state index is -0.302. The van der Waals surface area contributed by atoms with Gasteiger partial charge in [0.2, 0.25) is 0 Å². The van der Waals surface area contributed by atoms with Crippen LogP contribution in [0.5, 0.6) is 0 Å². The molecule has 1 saturated carbocycles. The van der Waals surface area contributed by atoms with Crippen LogP contribution in [0.3, 0.4) is 0 Å². The predicted octanol–water partition coefficient (Wildman–Crippen LogP) is 4.51. The van der Waals surface area contributed by atoms with Gasteiger partial charge in [0.25, 0.3) is 0 Å². The quantitative estimate of drug-likeness (QED) is 0.438. The summed E-state index contributed by atoms with van der Waals surface area (Å²) in [5.41, 5.74) is 0. The van der Waals surface area contributed by atoms with E-state index < -0.39 is 0 Å². The minimum absolute atomic E-state index is 0.202. The van der Waals surface area contributed by atoms with Gasteiger partial charge in [0.15, 0.2) is 0 Å². The van der Waals surface area contributed by atoms with Crippen molar-refractivity contribution in [2.75, 3.05) is 13.2 Å². The summed E-state index contributed by atoms with van der Waals surface area (Å²) in [6.45, 7) is 7.33. The van der Waals surface area contributed by atoms with Gasteiger partial charge in [0.05, 0.1) is 25.0 Å². The second kappa shape index (κ2) is 11.5. The fourth-order valence-electron chi connectivity index (χ4n) is 3.12. The molecule has 4 heteroatoms. The van der Waals surface area contributed by atoms with Crippen molar-refractivity contribution in [3.63, 3.8) is 0 Å². The summed E-state index contributed by atoms with van der Waals surface area (Å²) in [7, 11) is 0. The molecule has 0 heterocycles. The van der Waals surface area contributed by atoms with Crippen LogP contribution < -0.4 is 0 Å². The molecular weight excluding hydrogens is 292 g/mol. The summed E-state index contributed by atoms with van der Waals surface area (Å²) in [6.07, 6.45) is 8.70. The van der Waals surface area contributed by atoms with E-state index in [-0.39, 0.29) is 23.8 Å². The highest BCUT2D eigenvalue weighted by molar-refractivity contribution is 5.82. The van der Waals surface area contributed by atoms with E-state index in [0.29, 0.717) is 13.2 Å². The summed E-state index contributed by atoms with van der Waals surface area (Å²) in [6, 6.07) is 0. The van der Waals surface area contributed by atoms with Crippen molar-refractivity contribution in [1.29, 1.82) is 0 Å². The third-order valence-electron chi connectivity index (χ3n) is 4.49. The van der Waals surface area contributed by atoms with Crippen LogP contribution in [-0.4, -0.2) is 25.2 Å². The van der Waals surface area contributed by atoms with Crippen molar-refractivity contribution in [2.24, 2.45) is 17.8 Å². The molecule has 1 aliphatic carbocycles. The number of hydrogen-bond donors (Lipinski definition) is 0. The zero-order valence-electron chi connectivity index (χ0n) is 15.1. The fraction of sp³-hybridized carbons (Fsp3) is 0.895. The van der Waals surface area contributed by atoms with Gasteiger partial charge in [0.1, 0.15) is 0 Å². The second-order valence-electron chi connectivity index (χ2n) is 7.08. The Labute approximate surface area is 141 Å². The van der Waals surface area contributed by atoms with E-state index in [1.54, 1.807) is 0 Å². The van der Waals surface area contributed by atoms with Crippen LogP contribution in [-0.2, 0) is 19.1 Å². The molecule has 0 radical (unpaired) electrons. The normalized spacial score (nSPS) is 21.2. The van der Waals surface area contributed by atoms with E-state index in [0.717, 1.165) is 50.9 Å². The molecule has 0 spiro atoms. The van der Waals surface area contributed by atoms with Crippen LogP contribution in [0, 0.1) is 17.8 Å². The average Bonchev–Trinajstić information content (AvgIpc) is 2.55. The number of hydrogen-bond acceptors (Lipinski definition) is 4. The third-order valence-corrected chi connectivity index (χ3v) is 4.49. The first-order valence-electron chi connectivity index (χ1n) is 9.39. The summed E-state index contributed by atoms with van der Waals surface area (Å²) < 4.78 is 10.7. The van der Waals surface area contributed by atoms with E-state index in [2.05, 4.69) is 13.8 Å². The summed E-state index contributed by atoms with van der Waals surface area (Å²) in [4.78, 5) is 24.4. The van der Waals surface area contributed by atoms with Gasteiger partial charge in [-0.05, 0) is 31.6 Å². The molecule has 4 nitrogen and oxygen atoms in total. The smallest absolute Gasteiger partial charge is 0.309 e. The maximum Gasteiger partial charge on any atom is 0.309 e. The van der Waals surface area contributed by atoms with Gasteiger partial charge >= 0.3 is 11.9 Å². The lowest BCUT2D eigenvalue weighted by atomic mass is 9.79. The Kier molecular flexibility index (Phi) is 9.97. The van der Waals surface area contributed by atoms with Crippen LogP contribution >= 0.6 is 0 Å². The van der Waals surface area contributed by atoms with Crippen molar-refractivity contribution in [2.45, 2.75) is 78.6 Å². The highest BCUT2D eigenvalue weighted by atomic mass is 16.5. The Balaban J connectivity index is 2.32. The Hall–Kier alpha value is -1.06. The molecule has 0 aliphatic heterocycles. The van der Waals surface area contributed by atoms with Crippen LogP contribution in [0.15, 0.2) is 0 Å². The Morgan fingerprint density at radius 3 is 2.00 bits per heavy atom. The highest BCUT2D eigenvalue weighted by Crippen LogP contribution is 2.32. The van der Waals surface area contributed by atoms with Gasteiger partial charge in [-0.3, -0.25) is 9.59 Å². The van der Waals surface area contributed by atoms with Crippen molar-refractivity contribution < 1.29 is 19.1 Å². The lowest BCUT2D eigenvalue weighted by Gasteiger charge is -2.28. The summed E-state index contributed by atoms with van der Waals surface area (Å²) in [5, 5.41) is 0. The molecule has 0 N–H and O–H groups in total. The molecule has 0 amide bonds. The molecule has 2 atom stereocenters. The van der Waals surface area contributed by atoms with E-state index in [1.165, 1.54) is 12.8 Å². The topological polar surface area (TPSA) is 52.6 Å². The monoisotopic (exact) mass is 326 g/mol. The van der Waals surface area contributed by atoms with Gasteiger partial charge in [-0.25, -0.2) is 0 Å². The molecular formula is C19H34O4. The molecule has 0 aromatic carbocycles. The molecule has 0 saturated heterocycles. The number of carbonyl (C=O) groups excluding carboxylic acids is 2. The molecule has 2 unspecified atom stereocenters. The predicted molar refractivity (Wildman–Crippen MR) is 91.0 cm³/mol. The van der Waals surface area contributed by atoms with E-state index in [4.69, 9.17) is 9.47 Å². The lowest BCUT2D eigenvalue weighted by molar-refractivity contribution is -0.163. The van der Waals surface area contributed by atoms with E-state index in [1.807, 2.05) is 6.92 Å². The largest absolute Gasteiger partial charge is 0.465 e. The van der Waals surface area contributed by atoms with Crippen molar-refractivity contribution in [1.82, 2.24) is 0 Å². The van der Waals surface area contributed by atoms with E-state index >= 15 is 0 Å². The lowest BCUT2D eigenvalue weighted by Crippen LogP contribution is -2.35. The number of esters is 2. The Morgan fingerprint density at radius 1 is 0.913 bits per heavy atom. The van der Waals surface area contributed by atoms with E-state index in [9.17, 15) is 9.59 Å². The molecule has 134 valence electrons. The van der Waals surface area contributed by atoms with Crippen LogP contribution in [0.2, 0.25) is 0 Å². The molecule has 1 rings (SSSR count). The number of rotatable bonds is 10. The molecule has 0 aromatic rings. The Morgan fingerprint density at radius 2 is 1.48 bits per heavy atom. The SMILES string of the molecule is CCCOC(=O)C1CCCCC1C(=O)OCCCCCC(C)C. The molecule has 1 fully saturated rings. The van der Waals surface area contributed by atoms with Crippen LogP contribution in [0.1, 0.15) is 78.6 Å². The average molecular weight is 326 g/mol. The number of carbonyl (C=O) groups is 2. The maximum absolute atomic E-state index is 12.3. The summed E-state index contributed by atoms with van der Waals surface area (Å²) >= 11 is 0. The van der Waals surface area contributed by atoms with Crippen molar-refractivity contribution in [3.05, 3.63) is 0 Å². The zero-order valence-corrected chi connectivity index (χ0v) is 15.1. The first-order valence-corrected chi connectivity index (χ1v) is 9.39. The first-order chi connectivity index (χ1) is 11.1. The standard InChI is InChI=1S/C19H34O4/c1-4-13-22-18(20)16-11-7-8-12-17(16)19(21)23-14-9-5-6-10-15(2)3/h15-17H,4-14H2,1-3H3.